The fourth-order valence-electron chi connectivity index (χ4n) is 3.76. The lowest BCUT2D eigenvalue weighted by Crippen LogP contribution is -2.10. The van der Waals surface area contributed by atoms with Crippen LogP contribution in [0.15, 0.2) is 23.1 Å². The Hall–Kier alpha value is -2.19. The molecule has 1 aromatic carbocycles. The second kappa shape index (κ2) is 10.4. The van der Waals surface area contributed by atoms with E-state index in [2.05, 4.69) is 16.5 Å². The van der Waals surface area contributed by atoms with Crippen LogP contribution >= 0.6 is 0 Å². The van der Waals surface area contributed by atoms with Gasteiger partial charge < -0.3 is 14.9 Å². The van der Waals surface area contributed by atoms with E-state index in [-0.39, 0.29) is 4.90 Å². The topological polar surface area (TPSA) is 79.8 Å². The molecule has 3 aromatic rings. The Bertz CT molecular complexity index is 1050. The fourth-order valence-corrected chi connectivity index (χ4v) is 4.95. The quantitative estimate of drug-likeness (QED) is 0.340. The molecule has 0 radical (unpaired) electrons. The lowest BCUT2D eigenvalue weighted by molar-refractivity contribution is 0.544. The molecule has 0 amide bonds. The van der Waals surface area contributed by atoms with Gasteiger partial charge in [0.25, 0.3) is 0 Å². The Balaban J connectivity index is 1.66. The van der Waals surface area contributed by atoms with Crippen LogP contribution < -0.4 is 5.73 Å². The highest BCUT2D eigenvalue weighted by Gasteiger charge is 2.19. The molecule has 1 unspecified atom stereocenters. The molecule has 0 bridgehead atoms. The van der Waals surface area contributed by atoms with Crippen LogP contribution in [0.3, 0.4) is 0 Å². The van der Waals surface area contributed by atoms with Gasteiger partial charge in [0, 0.05) is 24.7 Å². The van der Waals surface area contributed by atoms with E-state index in [9.17, 15) is 13.3 Å². The van der Waals surface area contributed by atoms with Crippen molar-refractivity contribution in [2.45, 2.75) is 70.7 Å². The number of nitrogens with two attached hydrogens (primary N) is 1. The van der Waals surface area contributed by atoms with Crippen LogP contribution in [0.5, 0.6) is 0 Å². The summed E-state index contributed by atoms with van der Waals surface area (Å²) in [7, 11) is 0. The Morgan fingerprint density at radius 2 is 1.87 bits per heavy atom. The van der Waals surface area contributed by atoms with Crippen molar-refractivity contribution in [3.8, 4) is 0 Å². The zero-order valence-electron chi connectivity index (χ0n) is 18.4. The normalized spacial score (nSPS) is 12.6. The van der Waals surface area contributed by atoms with E-state index >= 15 is 0 Å². The summed E-state index contributed by atoms with van der Waals surface area (Å²) in [5.41, 5.74) is 9.96. The van der Waals surface area contributed by atoms with Gasteiger partial charge in [-0.3, -0.25) is 0 Å². The maximum Gasteiger partial charge on any atom is 0.188 e. The van der Waals surface area contributed by atoms with E-state index in [0.717, 1.165) is 78.9 Å². The molecular weight excluding hydrogens is 418 g/mol. The molecule has 0 aliphatic heterocycles. The lowest BCUT2D eigenvalue weighted by Gasteiger charge is -2.13. The molecule has 1 atom stereocenters. The number of imidazole rings is 1. The van der Waals surface area contributed by atoms with Gasteiger partial charge in [0.05, 0.1) is 5.52 Å². The average molecular weight is 449 g/mol. The van der Waals surface area contributed by atoms with Gasteiger partial charge >= 0.3 is 0 Å². The predicted octanol–water partition coefficient (Wildman–Crippen LogP) is 5.23. The molecule has 5 nitrogen and oxygen atoms in total. The third kappa shape index (κ3) is 5.36. The van der Waals surface area contributed by atoms with Gasteiger partial charge in [-0.05, 0) is 68.4 Å². The Labute approximate surface area is 185 Å². The van der Waals surface area contributed by atoms with Crippen molar-refractivity contribution in [1.29, 1.82) is 0 Å². The van der Waals surface area contributed by atoms with Crippen molar-refractivity contribution in [2.75, 3.05) is 11.5 Å². The van der Waals surface area contributed by atoms with Crippen LogP contribution in [0.2, 0.25) is 0 Å². The zero-order chi connectivity index (χ0) is 22.5. The number of fused-ring (bicyclic) bond motifs is 1. The summed E-state index contributed by atoms with van der Waals surface area (Å²) in [4.78, 5) is 9.28. The number of anilines is 1. The molecule has 0 saturated carbocycles. The van der Waals surface area contributed by atoms with Crippen LogP contribution in [0.25, 0.3) is 11.0 Å². The molecule has 0 aliphatic carbocycles. The van der Waals surface area contributed by atoms with E-state index in [1.54, 1.807) is 0 Å². The van der Waals surface area contributed by atoms with Gasteiger partial charge in [0.1, 0.15) is 22.9 Å². The van der Waals surface area contributed by atoms with Crippen LogP contribution in [-0.4, -0.2) is 24.8 Å². The van der Waals surface area contributed by atoms with Crippen LogP contribution in [0.1, 0.15) is 56.1 Å². The lowest BCUT2D eigenvalue weighted by atomic mass is 10.1. The summed E-state index contributed by atoms with van der Waals surface area (Å²) in [6.45, 7) is 6.95. The molecule has 0 spiro atoms. The number of unbranched alkanes of at least 4 members (excludes halogenated alkanes) is 3. The Morgan fingerprint density at radius 3 is 2.58 bits per heavy atom. The third-order valence-corrected chi connectivity index (χ3v) is 7.06. The summed E-state index contributed by atoms with van der Waals surface area (Å²) in [6, 6.07) is 3.19. The van der Waals surface area contributed by atoms with Gasteiger partial charge in [-0.25, -0.2) is 18.7 Å². The number of halogens is 2. The minimum absolute atomic E-state index is 0.0675. The number of rotatable bonds is 10. The number of aryl methyl sites for hydroxylation is 4. The third-order valence-electron chi connectivity index (χ3n) is 5.58. The summed E-state index contributed by atoms with van der Waals surface area (Å²) in [5, 5.41) is 0. The number of aromatic nitrogens is 3. The smallest absolute Gasteiger partial charge is 0.188 e. The predicted molar refractivity (Wildman–Crippen MR) is 122 cm³/mol. The standard InChI is InChI=1S/C23H30F2N4OS/c1-4-5-9-20-28-21-22(15(2)16(3)27-23(21)26)29(20)12-7-6-8-13-31(30)19-11-10-17(24)14-18(19)25/h10-11,14H,4-9,12-13H2,1-3H3,(H2,26,27). The van der Waals surface area contributed by atoms with Gasteiger partial charge in [0.15, 0.2) is 16.5 Å². The molecule has 0 aliphatic rings. The molecule has 2 aromatic heterocycles. The van der Waals surface area contributed by atoms with Crippen molar-refractivity contribution < 1.29 is 13.3 Å². The molecule has 0 fully saturated rings. The van der Waals surface area contributed by atoms with Crippen LogP contribution in [-0.2, 0) is 24.1 Å². The number of hydrogen-bond acceptors (Lipinski definition) is 4. The van der Waals surface area contributed by atoms with Crippen molar-refractivity contribution in [2.24, 2.45) is 0 Å². The van der Waals surface area contributed by atoms with Gasteiger partial charge in [0.2, 0.25) is 0 Å². The van der Waals surface area contributed by atoms with Crippen molar-refractivity contribution in [3.05, 3.63) is 46.9 Å². The zero-order valence-corrected chi connectivity index (χ0v) is 19.2. The number of pyridine rings is 1. The second-order valence-corrected chi connectivity index (χ2v) is 9.41. The largest absolute Gasteiger partial charge is 0.611 e. The fraction of sp³-hybridized carbons (Fsp3) is 0.478. The van der Waals surface area contributed by atoms with Crippen molar-refractivity contribution in [1.82, 2.24) is 14.5 Å². The first-order valence-electron chi connectivity index (χ1n) is 10.8. The highest BCUT2D eigenvalue weighted by Crippen LogP contribution is 2.27. The highest BCUT2D eigenvalue weighted by atomic mass is 32.2. The van der Waals surface area contributed by atoms with Crippen LogP contribution in [0, 0.1) is 25.5 Å². The number of hydrogen-bond donors (Lipinski definition) is 1. The van der Waals surface area contributed by atoms with E-state index in [0.29, 0.717) is 18.0 Å². The number of benzene rings is 1. The van der Waals surface area contributed by atoms with Gasteiger partial charge in [-0.15, -0.1) is 0 Å². The summed E-state index contributed by atoms with van der Waals surface area (Å²) < 4.78 is 41.4. The molecular formula is C23H30F2N4OS. The Morgan fingerprint density at radius 1 is 1.10 bits per heavy atom. The van der Waals surface area contributed by atoms with Crippen LogP contribution in [0.4, 0.5) is 14.6 Å². The minimum atomic E-state index is -1.47. The first-order valence-corrected chi connectivity index (χ1v) is 12.1. The highest BCUT2D eigenvalue weighted by molar-refractivity contribution is 7.91. The van der Waals surface area contributed by atoms with E-state index in [4.69, 9.17) is 10.7 Å². The monoisotopic (exact) mass is 448 g/mol. The first kappa shape index (κ1) is 23.5. The summed E-state index contributed by atoms with van der Waals surface area (Å²) >= 11 is -1.47. The molecule has 168 valence electrons. The molecule has 2 heterocycles. The van der Waals surface area contributed by atoms with Gasteiger partial charge in [-0.2, -0.15) is 0 Å². The molecule has 8 heteroatoms. The minimum Gasteiger partial charge on any atom is -0.611 e. The maximum absolute atomic E-state index is 13.8. The summed E-state index contributed by atoms with van der Waals surface area (Å²) in [5.74, 6) is 0.430. The first-order chi connectivity index (χ1) is 14.8. The van der Waals surface area contributed by atoms with E-state index in [1.165, 1.54) is 6.07 Å². The maximum atomic E-state index is 13.8. The SMILES string of the molecule is CCCCc1nc2c(N)nc(C)c(C)c2n1CCCCC[S+]([O-])c1ccc(F)cc1F. The molecule has 31 heavy (non-hydrogen) atoms. The van der Waals surface area contributed by atoms with Gasteiger partial charge in [-0.1, -0.05) is 13.3 Å². The molecule has 2 N–H and O–H groups in total. The molecule has 3 rings (SSSR count). The number of nitrogens with zero attached hydrogens (tertiary/aromatic N) is 3. The Kier molecular flexibility index (Phi) is 7.89. The average Bonchev–Trinajstić information content (AvgIpc) is 3.09. The molecule has 0 saturated heterocycles. The van der Waals surface area contributed by atoms with E-state index < -0.39 is 22.8 Å². The second-order valence-electron chi connectivity index (χ2n) is 7.87. The van der Waals surface area contributed by atoms with Crippen molar-refractivity contribution >= 4 is 28.0 Å². The number of nitrogen functional groups attached to an aromatic ring is 1. The van der Waals surface area contributed by atoms with Crippen molar-refractivity contribution in [3.63, 3.8) is 0 Å². The summed E-state index contributed by atoms with van der Waals surface area (Å²) in [6.07, 6.45) is 5.45. The van der Waals surface area contributed by atoms with E-state index in [1.807, 2.05) is 13.8 Å².